The van der Waals surface area contributed by atoms with E-state index in [0.717, 1.165) is 0 Å². The van der Waals surface area contributed by atoms with E-state index in [9.17, 15) is 0 Å². The molecule has 26 heavy (non-hydrogen) atoms. The molecule has 1 aromatic rings. The Morgan fingerprint density at radius 3 is 2.12 bits per heavy atom. The molecule has 0 nitrogen and oxygen atoms in total. The second kappa shape index (κ2) is 14.8. The lowest BCUT2D eigenvalue weighted by Gasteiger charge is -2.18. The van der Waals surface area contributed by atoms with Gasteiger partial charge in [-0.15, -0.1) is 0 Å². The zero-order valence-electron chi connectivity index (χ0n) is 18.6. The van der Waals surface area contributed by atoms with Gasteiger partial charge in [0.2, 0.25) is 0 Å². The van der Waals surface area contributed by atoms with E-state index in [1.165, 1.54) is 50.5 Å². The molecule has 0 heteroatoms. The second-order valence-electron chi connectivity index (χ2n) is 7.53. The third-order valence-electron chi connectivity index (χ3n) is 4.83. The van der Waals surface area contributed by atoms with Gasteiger partial charge in [-0.05, 0) is 69.3 Å². The molecule has 1 aliphatic rings. The van der Waals surface area contributed by atoms with Crippen molar-refractivity contribution in [2.75, 3.05) is 0 Å². The molecule has 0 spiro atoms. The van der Waals surface area contributed by atoms with Crippen LogP contribution >= 0.6 is 0 Å². The van der Waals surface area contributed by atoms with Gasteiger partial charge in [-0.25, -0.2) is 0 Å². The minimum atomic E-state index is 0.576. The summed E-state index contributed by atoms with van der Waals surface area (Å²) in [6.45, 7) is 14.9. The molecule has 0 bridgehead atoms. The monoisotopic (exact) mass is 356 g/mol. The van der Waals surface area contributed by atoms with Gasteiger partial charge >= 0.3 is 0 Å². The molecule has 0 unspecified atom stereocenters. The number of benzene rings is 1. The Balaban J connectivity index is 0.00000113. The van der Waals surface area contributed by atoms with Gasteiger partial charge < -0.3 is 0 Å². The fourth-order valence-corrected chi connectivity index (χ4v) is 3.28. The lowest BCUT2D eigenvalue weighted by Crippen LogP contribution is -2.07. The molecule has 1 atom stereocenters. The highest BCUT2D eigenvalue weighted by Crippen LogP contribution is 2.53. The third kappa shape index (κ3) is 10.6. The normalized spacial score (nSPS) is 16.2. The van der Waals surface area contributed by atoms with Crippen molar-refractivity contribution in [1.82, 2.24) is 0 Å². The minimum Gasteiger partial charge on any atom is -0.0914 e. The Morgan fingerprint density at radius 2 is 1.65 bits per heavy atom. The van der Waals surface area contributed by atoms with E-state index in [-0.39, 0.29) is 0 Å². The topological polar surface area (TPSA) is 0 Å². The molecule has 0 amide bonds. The smallest absolute Gasteiger partial charge is 0.0219 e. The zero-order chi connectivity index (χ0) is 19.8. The lowest BCUT2D eigenvalue weighted by atomic mass is 9.87. The Hall–Kier alpha value is -1.30. The summed E-state index contributed by atoms with van der Waals surface area (Å²) in [4.78, 5) is 0. The second-order valence-corrected chi connectivity index (χ2v) is 7.53. The summed E-state index contributed by atoms with van der Waals surface area (Å²) in [5.41, 5.74) is 3.75. The first-order chi connectivity index (χ1) is 12.6. The maximum atomic E-state index is 2.37. The van der Waals surface area contributed by atoms with Gasteiger partial charge in [0.1, 0.15) is 0 Å². The highest BCUT2D eigenvalue weighted by Gasteiger charge is 2.42. The van der Waals surface area contributed by atoms with E-state index in [1.807, 2.05) is 13.8 Å². The number of hydrogen-bond donors (Lipinski definition) is 0. The number of hydrogen-bond acceptors (Lipinski definition) is 0. The largest absolute Gasteiger partial charge is 0.0914 e. The van der Waals surface area contributed by atoms with Crippen LogP contribution in [0.15, 0.2) is 54.1 Å². The average molecular weight is 357 g/mol. The Kier molecular flexibility index (Phi) is 14.1. The number of rotatable bonds is 8. The molecule has 0 N–H and O–H groups in total. The van der Waals surface area contributed by atoms with Gasteiger partial charge in [0.15, 0.2) is 0 Å². The molecule has 0 aromatic heterocycles. The van der Waals surface area contributed by atoms with Gasteiger partial charge in [0, 0.05) is 0 Å². The van der Waals surface area contributed by atoms with Gasteiger partial charge in [-0.3, -0.25) is 0 Å². The summed E-state index contributed by atoms with van der Waals surface area (Å²) < 4.78 is 0. The van der Waals surface area contributed by atoms with Crippen LogP contribution in [0.4, 0.5) is 0 Å². The molecule has 1 aromatic carbocycles. The molecule has 0 heterocycles. The van der Waals surface area contributed by atoms with E-state index < -0.39 is 0 Å². The predicted molar refractivity (Wildman–Crippen MR) is 121 cm³/mol. The van der Waals surface area contributed by atoms with Crippen molar-refractivity contribution < 1.29 is 0 Å². The van der Waals surface area contributed by atoms with Gasteiger partial charge in [-0.1, -0.05) is 95.2 Å². The minimum absolute atomic E-state index is 0.576. The molecule has 1 fully saturated rings. The van der Waals surface area contributed by atoms with Crippen LogP contribution in [0.3, 0.4) is 0 Å². The molecule has 2 rings (SSSR count). The van der Waals surface area contributed by atoms with Crippen LogP contribution in [0.2, 0.25) is 0 Å². The van der Waals surface area contributed by atoms with Gasteiger partial charge in [0.25, 0.3) is 0 Å². The van der Waals surface area contributed by atoms with Gasteiger partial charge in [0.05, 0.1) is 0 Å². The summed E-state index contributed by atoms with van der Waals surface area (Å²) in [6.07, 6.45) is 16.0. The summed E-state index contributed by atoms with van der Waals surface area (Å²) >= 11 is 0. The maximum absolute atomic E-state index is 2.37. The van der Waals surface area contributed by atoms with E-state index in [4.69, 9.17) is 0 Å². The van der Waals surface area contributed by atoms with Crippen LogP contribution in [-0.4, -0.2) is 0 Å². The van der Waals surface area contributed by atoms with Crippen LogP contribution in [0.1, 0.15) is 92.6 Å². The molecular weight excluding hydrogens is 312 g/mol. The third-order valence-corrected chi connectivity index (χ3v) is 4.83. The van der Waals surface area contributed by atoms with Crippen molar-refractivity contribution in [2.45, 2.75) is 93.4 Å². The fourth-order valence-electron chi connectivity index (χ4n) is 3.28. The van der Waals surface area contributed by atoms with E-state index in [0.29, 0.717) is 11.3 Å². The van der Waals surface area contributed by atoms with Crippen LogP contribution in [0.5, 0.6) is 0 Å². The highest BCUT2D eigenvalue weighted by molar-refractivity contribution is 5.21. The van der Waals surface area contributed by atoms with E-state index in [1.54, 1.807) is 5.57 Å². The van der Waals surface area contributed by atoms with Crippen molar-refractivity contribution in [2.24, 2.45) is 11.3 Å². The summed E-state index contributed by atoms with van der Waals surface area (Å²) in [5.74, 6) is 0.703. The van der Waals surface area contributed by atoms with Crippen molar-refractivity contribution in [3.05, 3.63) is 59.7 Å². The maximum Gasteiger partial charge on any atom is -0.0219 e. The molecule has 1 aliphatic carbocycles. The van der Waals surface area contributed by atoms with Crippen molar-refractivity contribution in [3.63, 3.8) is 0 Å². The number of allylic oxidation sites excluding steroid dienone is 4. The van der Waals surface area contributed by atoms with Crippen molar-refractivity contribution >= 4 is 0 Å². The molecule has 148 valence electrons. The standard InChI is InChI=1S/C21H30.C3H8.C2H6/c1-4-9-18(3)12-13-19(5-2)16-21(14-15-21)17-20-10-7-6-8-11-20;1-3-2;1-2/h4-11,18H,12-17H2,1-3H3;3H2,1-2H3;1-2H3/b9-4-,19-5?;;/t18-;;/m1../s1. The molecular formula is C26H44. The van der Waals surface area contributed by atoms with Crippen LogP contribution < -0.4 is 0 Å². The first-order valence-corrected chi connectivity index (χ1v) is 10.9. The highest BCUT2D eigenvalue weighted by atomic mass is 14.5. The summed E-state index contributed by atoms with van der Waals surface area (Å²) in [5, 5.41) is 0. The lowest BCUT2D eigenvalue weighted by molar-refractivity contribution is 0.485. The van der Waals surface area contributed by atoms with Gasteiger partial charge in [-0.2, -0.15) is 0 Å². The average Bonchev–Trinajstić information content (AvgIpc) is 3.41. The van der Waals surface area contributed by atoms with E-state index >= 15 is 0 Å². The van der Waals surface area contributed by atoms with Crippen molar-refractivity contribution in [3.8, 4) is 0 Å². The Morgan fingerprint density at radius 1 is 1.08 bits per heavy atom. The summed E-state index contributed by atoms with van der Waals surface area (Å²) in [6, 6.07) is 11.0. The molecule has 0 radical (unpaired) electrons. The Bertz CT molecular complexity index is 488. The van der Waals surface area contributed by atoms with Crippen LogP contribution in [0.25, 0.3) is 0 Å². The quantitative estimate of drug-likeness (QED) is 0.408. The fraction of sp³-hybridized carbons (Fsp3) is 0.615. The molecule has 1 saturated carbocycles. The first-order valence-electron chi connectivity index (χ1n) is 10.9. The first kappa shape index (κ1) is 24.7. The molecule has 0 saturated heterocycles. The van der Waals surface area contributed by atoms with Crippen LogP contribution in [0, 0.1) is 11.3 Å². The molecule has 0 aliphatic heterocycles. The van der Waals surface area contributed by atoms with E-state index in [2.05, 4.69) is 83.2 Å². The Labute approximate surface area is 164 Å². The predicted octanol–water partition coefficient (Wildman–Crippen LogP) is 8.78. The zero-order valence-corrected chi connectivity index (χ0v) is 18.6. The van der Waals surface area contributed by atoms with Crippen LogP contribution in [-0.2, 0) is 6.42 Å². The SMILES string of the molecule is CC.CC=C(CC[C@H](C)/C=C\C)CC1(Cc2ccccc2)CC1.CCC. The van der Waals surface area contributed by atoms with Crippen molar-refractivity contribution in [1.29, 1.82) is 0 Å². The summed E-state index contributed by atoms with van der Waals surface area (Å²) in [7, 11) is 0.